The number of fused-ring (bicyclic) bond motifs is 3. The van der Waals surface area contributed by atoms with Crippen LogP contribution in [0.1, 0.15) is 71.6 Å². The maximum absolute atomic E-state index is 15.2. The number of carbonyl (C=O) groups is 1. The standard InChI is InChI=1S/C55H92O32/c1-19-11-21-6-8-30-54(2,22(21)7-5-20(19)12-24(78-48-42(74)37(69)32(64)25(14-57)79-48)45(31(63)23(62)13-56)84-49-43(75)38(70)33(65)26(15-58)80-49)9-4-10-55(30,3)53(77)87-52-47(41(73)36(68)29(18-61)83-52)86-51-46(40(72)35(67)28(17-60)82-51)85-50-44(76)39(71)34(66)27(16-59)81-50/h20-52,56-76H,1,4-18H2,2-3H3/t20?,21?,22-,23?,24?,25?,26?,27?,28?,29?,30?,31?,32?,33?,34?,35?,36?,37?,38?,39?,40?,41?,42?,43?,44?,45?,46?,47?,48?,49?,50?,51?,52?,54+,55-/m1/s1. The summed E-state index contributed by atoms with van der Waals surface area (Å²) in [6.07, 6.45) is -51.0. The molecule has 5 saturated heterocycles. The fourth-order valence-corrected chi connectivity index (χ4v) is 14.8. The van der Waals surface area contributed by atoms with Crippen LogP contribution in [-0.2, 0) is 52.2 Å². The molecule has 8 fully saturated rings. The lowest BCUT2D eigenvalue weighted by molar-refractivity contribution is -0.391. The summed E-state index contributed by atoms with van der Waals surface area (Å²) >= 11 is 0. The normalized spacial score (nSPS) is 49.6. The lowest BCUT2D eigenvalue weighted by atomic mass is 9.45. The lowest BCUT2D eigenvalue weighted by Crippen LogP contribution is -2.67. The number of hydrogen-bond acceptors (Lipinski definition) is 32. The Kier molecular flexibility index (Phi) is 24.1. The fourth-order valence-electron chi connectivity index (χ4n) is 14.8. The molecular weight excluding hydrogens is 1170 g/mol. The lowest BCUT2D eigenvalue weighted by Gasteiger charge is -2.59. The summed E-state index contributed by atoms with van der Waals surface area (Å²) in [4.78, 5) is 15.2. The molecule has 0 radical (unpaired) electrons. The molecule has 3 aliphatic carbocycles. The highest BCUT2D eigenvalue weighted by molar-refractivity contribution is 5.77. The average Bonchev–Trinajstić information content (AvgIpc) is 1.62. The van der Waals surface area contributed by atoms with Gasteiger partial charge < -0.3 is 155 Å². The highest BCUT2D eigenvalue weighted by Crippen LogP contribution is 2.64. The van der Waals surface area contributed by atoms with Crippen LogP contribution in [0.25, 0.3) is 0 Å². The first-order valence-corrected chi connectivity index (χ1v) is 29.8. The Labute approximate surface area is 500 Å². The molecule has 87 heavy (non-hydrogen) atoms. The zero-order valence-electron chi connectivity index (χ0n) is 48.2. The summed E-state index contributed by atoms with van der Waals surface area (Å²) in [6, 6.07) is 0. The first kappa shape index (κ1) is 70.9. The number of aliphatic hydroxyl groups excluding tert-OH is 21. The molecule has 8 aliphatic rings. The summed E-state index contributed by atoms with van der Waals surface area (Å²) in [5.41, 5.74) is -1.27. The first-order chi connectivity index (χ1) is 41.1. The van der Waals surface area contributed by atoms with Crippen LogP contribution in [0.3, 0.4) is 0 Å². The van der Waals surface area contributed by atoms with Crippen molar-refractivity contribution in [2.75, 3.05) is 39.6 Å². The molecular formula is C55H92O32. The SMILES string of the molecule is C=C1CC2CCC3[C@](C)(C(=O)OC4OC(CO)C(O)C(O)C4OC4OC(CO)C(O)C(O)C4OC4OC(CO)C(O)C(O)C4O)CCC[C@@]3(C)[C@@H]2CCC1CC(OC1OC(CO)C(O)C(O)C1O)C(OC1OC(CO)C(O)C(O)C1O)C(O)C(O)CO. The summed E-state index contributed by atoms with van der Waals surface area (Å²) in [6.45, 7) is 2.78. The molecule has 32 unspecified atom stereocenters. The van der Waals surface area contributed by atoms with Crippen molar-refractivity contribution in [3.8, 4) is 0 Å². The van der Waals surface area contributed by atoms with E-state index in [1.54, 1.807) is 6.92 Å². The van der Waals surface area contributed by atoms with Gasteiger partial charge in [0.2, 0.25) is 6.29 Å². The van der Waals surface area contributed by atoms with Crippen molar-refractivity contribution < 1.29 is 159 Å². The summed E-state index contributed by atoms with van der Waals surface area (Å²) in [5.74, 6) is -2.03. The molecule has 32 heteroatoms. The number of aliphatic hydroxyl groups is 21. The third kappa shape index (κ3) is 14.1. The second-order valence-corrected chi connectivity index (χ2v) is 25.3. The monoisotopic (exact) mass is 1260 g/mol. The van der Waals surface area contributed by atoms with Crippen molar-refractivity contribution in [2.24, 2.45) is 34.5 Å². The number of rotatable bonds is 21. The van der Waals surface area contributed by atoms with Crippen LogP contribution in [0, 0.1) is 34.5 Å². The molecule has 0 aromatic rings. The van der Waals surface area contributed by atoms with E-state index in [1.807, 2.05) is 0 Å². The smallest absolute Gasteiger partial charge is 0.314 e. The van der Waals surface area contributed by atoms with Crippen LogP contribution < -0.4 is 0 Å². The summed E-state index contributed by atoms with van der Waals surface area (Å²) in [7, 11) is 0. The largest absolute Gasteiger partial charge is 0.432 e. The maximum Gasteiger partial charge on any atom is 0.314 e. The van der Waals surface area contributed by atoms with E-state index in [9.17, 15) is 107 Å². The Morgan fingerprint density at radius 1 is 0.529 bits per heavy atom. The summed E-state index contributed by atoms with van der Waals surface area (Å²) in [5, 5.41) is 225. The van der Waals surface area contributed by atoms with E-state index in [2.05, 4.69) is 13.5 Å². The Bertz CT molecular complexity index is 2200. The van der Waals surface area contributed by atoms with Gasteiger partial charge in [0, 0.05) is 0 Å². The third-order valence-electron chi connectivity index (χ3n) is 20.0. The van der Waals surface area contributed by atoms with Crippen molar-refractivity contribution in [3.05, 3.63) is 12.2 Å². The molecule has 32 nitrogen and oxygen atoms in total. The van der Waals surface area contributed by atoms with Crippen LogP contribution in [0.15, 0.2) is 12.2 Å². The molecule has 0 amide bonds. The van der Waals surface area contributed by atoms with Crippen LogP contribution in [0.2, 0.25) is 0 Å². The Hall–Kier alpha value is -1.99. The van der Waals surface area contributed by atoms with E-state index in [0.29, 0.717) is 50.5 Å². The quantitative estimate of drug-likeness (QED) is 0.0375. The number of carbonyl (C=O) groups excluding carboxylic acids is 1. The molecule has 35 atom stereocenters. The molecule has 0 bridgehead atoms. The van der Waals surface area contributed by atoms with Gasteiger partial charge in [-0.2, -0.15) is 0 Å². The average molecular weight is 1270 g/mol. The molecule has 504 valence electrons. The summed E-state index contributed by atoms with van der Waals surface area (Å²) < 4.78 is 59.0. The van der Waals surface area contributed by atoms with E-state index in [1.165, 1.54) is 0 Å². The molecule has 5 heterocycles. The second kappa shape index (κ2) is 29.5. The zero-order chi connectivity index (χ0) is 63.9. The van der Waals surface area contributed by atoms with Crippen molar-refractivity contribution in [1.82, 2.24) is 0 Å². The number of allylic oxidation sites excluding steroid dienone is 1. The van der Waals surface area contributed by atoms with Gasteiger partial charge in [-0.25, -0.2) is 0 Å². The minimum atomic E-state index is -2.13. The Balaban J connectivity index is 1.04. The van der Waals surface area contributed by atoms with Gasteiger partial charge >= 0.3 is 5.97 Å². The van der Waals surface area contributed by atoms with Gasteiger partial charge in [-0.1, -0.05) is 25.5 Å². The minimum Gasteiger partial charge on any atom is -0.432 e. The maximum atomic E-state index is 15.2. The molecule has 0 spiro atoms. The van der Waals surface area contributed by atoms with Gasteiger partial charge in [-0.15, -0.1) is 0 Å². The van der Waals surface area contributed by atoms with E-state index in [-0.39, 0.29) is 24.7 Å². The van der Waals surface area contributed by atoms with E-state index < -0.39 is 246 Å². The van der Waals surface area contributed by atoms with Crippen LogP contribution in [-0.4, -0.2) is 331 Å². The number of hydrogen-bond donors (Lipinski definition) is 21. The van der Waals surface area contributed by atoms with Crippen LogP contribution >= 0.6 is 0 Å². The van der Waals surface area contributed by atoms with Gasteiger partial charge in [-0.3, -0.25) is 4.79 Å². The molecule has 0 aromatic carbocycles. The first-order valence-electron chi connectivity index (χ1n) is 29.8. The molecule has 3 saturated carbocycles. The molecule has 0 aromatic heterocycles. The zero-order valence-corrected chi connectivity index (χ0v) is 48.2. The highest BCUT2D eigenvalue weighted by Gasteiger charge is 2.62. The van der Waals surface area contributed by atoms with Crippen LogP contribution in [0.5, 0.6) is 0 Å². The van der Waals surface area contributed by atoms with Crippen molar-refractivity contribution in [3.63, 3.8) is 0 Å². The number of ether oxygens (including phenoxy) is 10. The second-order valence-electron chi connectivity index (χ2n) is 25.3. The van der Waals surface area contributed by atoms with E-state index >= 15 is 4.79 Å². The van der Waals surface area contributed by atoms with Gasteiger partial charge in [0.05, 0.1) is 51.2 Å². The van der Waals surface area contributed by atoms with E-state index in [4.69, 9.17) is 47.4 Å². The van der Waals surface area contributed by atoms with Crippen LogP contribution in [0.4, 0.5) is 0 Å². The van der Waals surface area contributed by atoms with Gasteiger partial charge in [-0.05, 0) is 87.4 Å². The topological polar surface area (TPSA) is 534 Å². The van der Waals surface area contributed by atoms with Crippen molar-refractivity contribution in [2.45, 2.75) is 250 Å². The molecule has 21 N–H and O–H groups in total. The Morgan fingerprint density at radius 2 is 0.966 bits per heavy atom. The van der Waals surface area contributed by atoms with Crippen molar-refractivity contribution in [1.29, 1.82) is 0 Å². The van der Waals surface area contributed by atoms with E-state index in [0.717, 1.165) is 0 Å². The molecule has 5 aliphatic heterocycles. The van der Waals surface area contributed by atoms with Gasteiger partial charge in [0.15, 0.2) is 31.3 Å². The molecule has 8 rings (SSSR count). The van der Waals surface area contributed by atoms with Crippen molar-refractivity contribution >= 4 is 5.97 Å². The predicted octanol–water partition coefficient (Wildman–Crippen LogP) is -9.35. The minimum absolute atomic E-state index is 0.0541. The van der Waals surface area contributed by atoms with Gasteiger partial charge in [0.25, 0.3) is 0 Å². The Morgan fingerprint density at radius 3 is 1.47 bits per heavy atom. The highest BCUT2D eigenvalue weighted by atomic mass is 16.8. The predicted molar refractivity (Wildman–Crippen MR) is 282 cm³/mol. The fraction of sp³-hybridized carbons (Fsp3) is 0.945. The van der Waals surface area contributed by atoms with Gasteiger partial charge in [0.1, 0.15) is 134 Å². The third-order valence-corrected chi connectivity index (χ3v) is 20.0. The number of esters is 1.